The summed E-state index contributed by atoms with van der Waals surface area (Å²) < 4.78 is 26.7. The average molecular weight is 287 g/mol. The van der Waals surface area contributed by atoms with Crippen molar-refractivity contribution in [2.45, 2.75) is 29.5 Å². The summed E-state index contributed by atoms with van der Waals surface area (Å²) >= 11 is 0.768. The molecule has 0 bridgehead atoms. The molecule has 2 rings (SSSR count). The van der Waals surface area contributed by atoms with E-state index in [0.717, 1.165) is 24.2 Å². The van der Waals surface area contributed by atoms with Crippen LogP contribution in [0.2, 0.25) is 0 Å². The van der Waals surface area contributed by atoms with Crippen molar-refractivity contribution < 1.29 is 18.3 Å². The molecule has 0 fully saturated rings. The Labute approximate surface area is 109 Å². The number of allylic oxidation sites excluding steroid dienone is 1. The highest BCUT2D eigenvalue weighted by Crippen LogP contribution is 2.23. The van der Waals surface area contributed by atoms with Gasteiger partial charge in [0.15, 0.2) is 0 Å². The van der Waals surface area contributed by atoms with Crippen LogP contribution in [0, 0.1) is 0 Å². The largest absolute Gasteiger partial charge is 0.477 e. The van der Waals surface area contributed by atoms with Gasteiger partial charge < -0.3 is 5.11 Å². The molecule has 1 unspecified atom stereocenters. The van der Waals surface area contributed by atoms with Crippen LogP contribution in [0.1, 0.15) is 28.9 Å². The van der Waals surface area contributed by atoms with Gasteiger partial charge in [-0.25, -0.2) is 17.9 Å². The number of hydrogen-bond donors (Lipinski definition) is 2. The van der Waals surface area contributed by atoms with Gasteiger partial charge in [-0.1, -0.05) is 12.2 Å². The van der Waals surface area contributed by atoms with Gasteiger partial charge in [0.2, 0.25) is 10.0 Å². The smallest absolute Gasteiger partial charge is 0.345 e. The maximum absolute atomic E-state index is 12.0. The molecular weight excluding hydrogens is 274 g/mol. The number of sulfonamides is 1. The molecule has 0 saturated heterocycles. The molecule has 0 aromatic carbocycles. The fourth-order valence-electron chi connectivity index (χ4n) is 1.76. The number of thiophene rings is 1. The van der Waals surface area contributed by atoms with Crippen LogP contribution in [0.3, 0.4) is 0 Å². The van der Waals surface area contributed by atoms with Gasteiger partial charge in [-0.05, 0) is 31.4 Å². The Morgan fingerprint density at radius 3 is 2.72 bits per heavy atom. The average Bonchev–Trinajstić information content (AvgIpc) is 2.79. The molecule has 5 nitrogen and oxygen atoms in total. The van der Waals surface area contributed by atoms with E-state index in [1.165, 1.54) is 12.1 Å². The molecule has 0 spiro atoms. The van der Waals surface area contributed by atoms with E-state index < -0.39 is 16.0 Å². The second-order valence-corrected chi connectivity index (χ2v) is 7.05. The van der Waals surface area contributed by atoms with E-state index in [2.05, 4.69) is 4.72 Å². The van der Waals surface area contributed by atoms with Crippen molar-refractivity contribution in [3.05, 3.63) is 29.2 Å². The Hall–Kier alpha value is -1.18. The number of aromatic carboxylic acids is 1. The van der Waals surface area contributed by atoms with Gasteiger partial charge in [0.25, 0.3) is 0 Å². The lowest BCUT2D eigenvalue weighted by Crippen LogP contribution is -2.34. The predicted octanol–water partition coefficient (Wildman–Crippen LogP) is 1.83. The standard InChI is InChI=1S/C11H13NO4S2/c13-11(14)9-6-7-10(17-9)18(15,16)12-8-4-2-1-3-5-8/h1-2,6-8,12H,3-5H2,(H,13,14). The Morgan fingerprint density at radius 2 is 2.17 bits per heavy atom. The minimum absolute atomic E-state index is 0.0268. The van der Waals surface area contributed by atoms with Crippen molar-refractivity contribution in [3.63, 3.8) is 0 Å². The molecule has 1 aliphatic rings. The summed E-state index contributed by atoms with van der Waals surface area (Å²) in [6.45, 7) is 0. The summed E-state index contributed by atoms with van der Waals surface area (Å²) in [6, 6.07) is 2.53. The van der Waals surface area contributed by atoms with Crippen LogP contribution < -0.4 is 4.72 Å². The van der Waals surface area contributed by atoms with E-state index in [4.69, 9.17) is 5.11 Å². The third-order valence-corrected chi connectivity index (χ3v) is 5.73. The molecule has 0 radical (unpaired) electrons. The Kier molecular flexibility index (Phi) is 3.84. The Morgan fingerprint density at radius 1 is 1.39 bits per heavy atom. The SMILES string of the molecule is O=C(O)c1ccc(S(=O)(=O)NC2CC=CCC2)s1. The van der Waals surface area contributed by atoms with E-state index in [0.29, 0.717) is 6.42 Å². The molecule has 1 aromatic rings. The molecule has 1 aliphatic carbocycles. The van der Waals surface area contributed by atoms with Gasteiger partial charge in [-0.2, -0.15) is 0 Å². The fourth-order valence-corrected chi connectivity index (χ4v) is 4.20. The number of carboxylic acids is 1. The molecule has 98 valence electrons. The van der Waals surface area contributed by atoms with E-state index in [-0.39, 0.29) is 15.1 Å². The molecule has 18 heavy (non-hydrogen) atoms. The summed E-state index contributed by atoms with van der Waals surface area (Å²) in [5.41, 5.74) is 0. The zero-order valence-corrected chi connectivity index (χ0v) is 11.1. The molecule has 0 amide bonds. The van der Waals surface area contributed by atoms with E-state index in [9.17, 15) is 13.2 Å². The van der Waals surface area contributed by atoms with E-state index >= 15 is 0 Å². The topological polar surface area (TPSA) is 83.5 Å². The van der Waals surface area contributed by atoms with Crippen molar-refractivity contribution in [2.75, 3.05) is 0 Å². The minimum atomic E-state index is -3.60. The Bertz CT molecular complexity index is 574. The third-order valence-electron chi connectivity index (χ3n) is 2.65. The molecule has 7 heteroatoms. The predicted molar refractivity (Wildman–Crippen MR) is 68.4 cm³/mol. The highest BCUT2D eigenvalue weighted by molar-refractivity contribution is 7.91. The number of carbonyl (C=O) groups is 1. The van der Waals surface area contributed by atoms with Crippen LogP contribution in [-0.2, 0) is 10.0 Å². The van der Waals surface area contributed by atoms with E-state index in [1.807, 2.05) is 12.2 Å². The Balaban J connectivity index is 2.14. The summed E-state index contributed by atoms with van der Waals surface area (Å²) in [4.78, 5) is 10.7. The van der Waals surface area contributed by atoms with E-state index in [1.54, 1.807) is 0 Å². The second kappa shape index (κ2) is 5.21. The first-order chi connectivity index (χ1) is 8.49. The quantitative estimate of drug-likeness (QED) is 0.828. The molecule has 0 aliphatic heterocycles. The van der Waals surface area contributed by atoms with Gasteiger partial charge in [0.1, 0.15) is 9.09 Å². The first kappa shape index (κ1) is 13.3. The molecule has 1 aromatic heterocycles. The van der Waals surface area contributed by atoms with Crippen molar-refractivity contribution >= 4 is 27.3 Å². The minimum Gasteiger partial charge on any atom is -0.477 e. The monoisotopic (exact) mass is 287 g/mol. The van der Waals surface area contributed by atoms with Gasteiger partial charge in [-0.3, -0.25) is 0 Å². The first-order valence-electron chi connectivity index (χ1n) is 5.49. The highest BCUT2D eigenvalue weighted by atomic mass is 32.2. The molecule has 1 atom stereocenters. The maximum atomic E-state index is 12.0. The van der Waals surface area contributed by atoms with Gasteiger partial charge in [0.05, 0.1) is 0 Å². The van der Waals surface area contributed by atoms with Crippen LogP contribution in [-0.4, -0.2) is 25.5 Å². The van der Waals surface area contributed by atoms with Crippen molar-refractivity contribution in [3.8, 4) is 0 Å². The summed E-state index contributed by atoms with van der Waals surface area (Å²) in [5.74, 6) is -1.11. The second-order valence-electron chi connectivity index (χ2n) is 4.03. The molecule has 0 saturated carbocycles. The zero-order valence-electron chi connectivity index (χ0n) is 9.50. The van der Waals surface area contributed by atoms with Crippen LogP contribution in [0.5, 0.6) is 0 Å². The summed E-state index contributed by atoms with van der Waals surface area (Å²) in [6.07, 6.45) is 6.29. The van der Waals surface area contributed by atoms with Crippen LogP contribution >= 0.6 is 11.3 Å². The molecule has 2 N–H and O–H groups in total. The number of nitrogens with one attached hydrogen (secondary N) is 1. The van der Waals surface area contributed by atoms with Gasteiger partial charge in [-0.15, -0.1) is 11.3 Å². The van der Waals surface area contributed by atoms with Crippen molar-refractivity contribution in [1.82, 2.24) is 4.72 Å². The zero-order chi connectivity index (χ0) is 13.2. The lowest BCUT2D eigenvalue weighted by Gasteiger charge is -2.18. The third kappa shape index (κ3) is 2.98. The normalized spacial score (nSPS) is 19.9. The van der Waals surface area contributed by atoms with Crippen molar-refractivity contribution in [1.29, 1.82) is 0 Å². The number of rotatable bonds is 4. The van der Waals surface area contributed by atoms with Gasteiger partial charge >= 0.3 is 5.97 Å². The summed E-state index contributed by atoms with van der Waals surface area (Å²) in [5, 5.41) is 8.77. The van der Waals surface area contributed by atoms with Crippen LogP contribution in [0.4, 0.5) is 0 Å². The van der Waals surface area contributed by atoms with Crippen LogP contribution in [0.25, 0.3) is 0 Å². The number of hydrogen-bond acceptors (Lipinski definition) is 4. The molecular formula is C11H13NO4S2. The maximum Gasteiger partial charge on any atom is 0.345 e. The van der Waals surface area contributed by atoms with Crippen LogP contribution in [0.15, 0.2) is 28.5 Å². The lowest BCUT2D eigenvalue weighted by atomic mass is 10.0. The van der Waals surface area contributed by atoms with Gasteiger partial charge in [0, 0.05) is 6.04 Å². The fraction of sp³-hybridized carbons (Fsp3) is 0.364. The molecule has 1 heterocycles. The van der Waals surface area contributed by atoms with Crippen molar-refractivity contribution in [2.24, 2.45) is 0 Å². The lowest BCUT2D eigenvalue weighted by molar-refractivity contribution is 0.0702. The highest BCUT2D eigenvalue weighted by Gasteiger charge is 2.22. The first-order valence-corrected chi connectivity index (χ1v) is 7.79. The summed E-state index contributed by atoms with van der Waals surface area (Å²) in [7, 11) is -3.60. The number of carboxylic acid groups (broad SMARTS) is 1.